The maximum atomic E-state index is 5.60. The average Bonchev–Trinajstić information content (AvgIpc) is 2.89. The minimum Gasteiger partial charge on any atom is -0.454 e. The molecule has 2 heterocycles. The Bertz CT molecular complexity index is 436. The summed E-state index contributed by atoms with van der Waals surface area (Å²) >= 11 is 0. The molecule has 0 aliphatic carbocycles. The van der Waals surface area contributed by atoms with Gasteiger partial charge in [0.15, 0.2) is 11.5 Å². The normalized spacial score (nSPS) is 20.2. The van der Waals surface area contributed by atoms with Gasteiger partial charge in [-0.2, -0.15) is 0 Å². The second-order valence-corrected chi connectivity index (χ2v) is 5.93. The molecule has 1 aromatic rings. The molecule has 0 aromatic heterocycles. The first-order chi connectivity index (χ1) is 9.24. The summed E-state index contributed by atoms with van der Waals surface area (Å²) in [7, 11) is 0. The summed E-state index contributed by atoms with van der Waals surface area (Å²) in [4.78, 5) is 2.57. The third-order valence-corrected chi connectivity index (χ3v) is 4.37. The fourth-order valence-corrected chi connectivity index (χ4v) is 3.14. The third-order valence-electron chi connectivity index (χ3n) is 4.37. The zero-order valence-corrected chi connectivity index (χ0v) is 11.9. The number of piperidine rings is 1. The Kier molecular flexibility index (Phi) is 3.65. The minimum absolute atomic E-state index is 0.373. The van der Waals surface area contributed by atoms with E-state index in [4.69, 9.17) is 9.47 Å². The van der Waals surface area contributed by atoms with Gasteiger partial charge >= 0.3 is 0 Å². The maximum Gasteiger partial charge on any atom is 0.231 e. The highest BCUT2D eigenvalue weighted by atomic mass is 16.7. The van der Waals surface area contributed by atoms with Crippen molar-refractivity contribution in [3.63, 3.8) is 0 Å². The van der Waals surface area contributed by atoms with Crippen molar-refractivity contribution in [1.82, 2.24) is 4.90 Å². The number of para-hydroxylation sites is 1. The Balaban J connectivity index is 1.63. The number of ether oxygens (including phenoxy) is 2. The van der Waals surface area contributed by atoms with Crippen LogP contribution < -0.4 is 9.47 Å². The van der Waals surface area contributed by atoms with Gasteiger partial charge < -0.3 is 14.4 Å². The monoisotopic (exact) mass is 261 g/mol. The fourth-order valence-electron chi connectivity index (χ4n) is 3.14. The number of hydrogen-bond donors (Lipinski definition) is 0. The molecule has 0 spiro atoms. The summed E-state index contributed by atoms with van der Waals surface area (Å²) in [6.45, 7) is 7.41. The molecule has 19 heavy (non-hydrogen) atoms. The highest BCUT2D eigenvalue weighted by Crippen LogP contribution is 2.37. The standard InChI is InChI=1S/C16H23NO2/c1-12(2)17-8-6-13(7-9-17)10-14-4-3-5-15-16(14)19-11-18-15/h3-5,12-13H,6-11H2,1-2H3. The quantitative estimate of drug-likeness (QED) is 0.834. The molecule has 0 N–H and O–H groups in total. The van der Waals surface area contributed by atoms with Crippen LogP contribution in [0, 0.1) is 5.92 Å². The van der Waals surface area contributed by atoms with E-state index in [9.17, 15) is 0 Å². The molecular formula is C16H23NO2. The van der Waals surface area contributed by atoms with E-state index < -0.39 is 0 Å². The van der Waals surface area contributed by atoms with Gasteiger partial charge in [0.1, 0.15) is 0 Å². The van der Waals surface area contributed by atoms with Crippen LogP contribution in [0.25, 0.3) is 0 Å². The van der Waals surface area contributed by atoms with Gasteiger partial charge in [0.2, 0.25) is 6.79 Å². The molecule has 0 saturated carbocycles. The second kappa shape index (κ2) is 5.41. The van der Waals surface area contributed by atoms with E-state index in [1.807, 2.05) is 6.07 Å². The Hall–Kier alpha value is -1.22. The molecule has 0 unspecified atom stereocenters. The maximum absolute atomic E-state index is 5.60. The molecule has 2 aliphatic heterocycles. The topological polar surface area (TPSA) is 21.7 Å². The van der Waals surface area contributed by atoms with Gasteiger partial charge in [0, 0.05) is 6.04 Å². The van der Waals surface area contributed by atoms with E-state index in [1.54, 1.807) is 0 Å². The van der Waals surface area contributed by atoms with Crippen LogP contribution in [0.2, 0.25) is 0 Å². The summed E-state index contributed by atoms with van der Waals surface area (Å²) < 4.78 is 11.0. The van der Waals surface area contributed by atoms with Gasteiger partial charge in [-0.25, -0.2) is 0 Å². The smallest absolute Gasteiger partial charge is 0.231 e. The van der Waals surface area contributed by atoms with E-state index in [1.165, 1.54) is 31.5 Å². The van der Waals surface area contributed by atoms with Gasteiger partial charge in [-0.1, -0.05) is 12.1 Å². The summed E-state index contributed by atoms with van der Waals surface area (Å²) in [5.74, 6) is 2.68. The molecule has 104 valence electrons. The van der Waals surface area contributed by atoms with Crippen LogP contribution >= 0.6 is 0 Å². The lowest BCUT2D eigenvalue weighted by Crippen LogP contribution is -2.38. The predicted molar refractivity (Wildman–Crippen MR) is 75.7 cm³/mol. The van der Waals surface area contributed by atoms with Crippen molar-refractivity contribution in [1.29, 1.82) is 0 Å². The lowest BCUT2D eigenvalue weighted by molar-refractivity contribution is 0.148. The van der Waals surface area contributed by atoms with Crippen LogP contribution in [0.5, 0.6) is 11.5 Å². The van der Waals surface area contributed by atoms with Crippen LogP contribution in [-0.2, 0) is 6.42 Å². The van der Waals surface area contributed by atoms with Crippen molar-refractivity contribution in [2.24, 2.45) is 5.92 Å². The van der Waals surface area contributed by atoms with E-state index in [0.717, 1.165) is 23.8 Å². The van der Waals surface area contributed by atoms with Crippen molar-refractivity contribution >= 4 is 0 Å². The average molecular weight is 261 g/mol. The zero-order valence-electron chi connectivity index (χ0n) is 11.9. The predicted octanol–water partition coefficient (Wildman–Crippen LogP) is 3.08. The van der Waals surface area contributed by atoms with Gasteiger partial charge in [-0.15, -0.1) is 0 Å². The fraction of sp³-hybridized carbons (Fsp3) is 0.625. The first-order valence-electron chi connectivity index (χ1n) is 7.35. The molecule has 1 aromatic carbocycles. The molecule has 0 amide bonds. The van der Waals surface area contributed by atoms with Crippen molar-refractivity contribution < 1.29 is 9.47 Å². The first kappa shape index (κ1) is 12.8. The molecule has 1 fully saturated rings. The number of benzene rings is 1. The van der Waals surface area contributed by atoms with Crippen LogP contribution in [0.15, 0.2) is 18.2 Å². The van der Waals surface area contributed by atoms with E-state index >= 15 is 0 Å². The van der Waals surface area contributed by atoms with Gasteiger partial charge in [0.05, 0.1) is 0 Å². The Morgan fingerprint density at radius 1 is 1.21 bits per heavy atom. The van der Waals surface area contributed by atoms with Crippen LogP contribution in [0.3, 0.4) is 0 Å². The van der Waals surface area contributed by atoms with E-state index in [2.05, 4.69) is 30.9 Å². The lowest BCUT2D eigenvalue weighted by atomic mass is 9.89. The van der Waals surface area contributed by atoms with Crippen molar-refractivity contribution in [2.45, 2.75) is 39.2 Å². The summed E-state index contributed by atoms with van der Waals surface area (Å²) in [6.07, 6.45) is 3.71. The van der Waals surface area contributed by atoms with Gasteiger partial charge in [0.25, 0.3) is 0 Å². The highest BCUT2D eigenvalue weighted by Gasteiger charge is 2.24. The van der Waals surface area contributed by atoms with Gasteiger partial charge in [-0.3, -0.25) is 0 Å². The third kappa shape index (κ3) is 2.71. The molecule has 3 heteroatoms. The molecule has 3 nitrogen and oxygen atoms in total. The Morgan fingerprint density at radius 3 is 2.74 bits per heavy atom. The molecule has 1 saturated heterocycles. The molecule has 0 radical (unpaired) electrons. The molecule has 0 atom stereocenters. The lowest BCUT2D eigenvalue weighted by Gasteiger charge is -2.34. The number of rotatable bonds is 3. The van der Waals surface area contributed by atoms with Crippen LogP contribution in [0.4, 0.5) is 0 Å². The summed E-state index contributed by atoms with van der Waals surface area (Å²) in [5.41, 5.74) is 1.32. The van der Waals surface area contributed by atoms with Crippen molar-refractivity contribution in [3.8, 4) is 11.5 Å². The SMILES string of the molecule is CC(C)N1CCC(Cc2cccc3c2OCO3)CC1. The minimum atomic E-state index is 0.373. The van der Waals surface area contributed by atoms with Crippen molar-refractivity contribution in [2.75, 3.05) is 19.9 Å². The van der Waals surface area contributed by atoms with E-state index in [0.29, 0.717) is 12.8 Å². The van der Waals surface area contributed by atoms with Crippen LogP contribution in [-0.4, -0.2) is 30.8 Å². The Morgan fingerprint density at radius 2 is 2.00 bits per heavy atom. The van der Waals surface area contributed by atoms with Gasteiger partial charge in [-0.05, 0) is 63.7 Å². The molecule has 3 rings (SSSR count). The number of nitrogens with zero attached hydrogens (tertiary/aromatic N) is 1. The number of fused-ring (bicyclic) bond motifs is 1. The zero-order chi connectivity index (χ0) is 13.2. The molecule has 2 aliphatic rings. The molecule has 0 bridgehead atoms. The first-order valence-corrected chi connectivity index (χ1v) is 7.35. The highest BCUT2D eigenvalue weighted by molar-refractivity contribution is 5.48. The number of hydrogen-bond acceptors (Lipinski definition) is 3. The number of likely N-dealkylation sites (tertiary alicyclic amines) is 1. The second-order valence-electron chi connectivity index (χ2n) is 5.93. The van der Waals surface area contributed by atoms with Crippen LogP contribution in [0.1, 0.15) is 32.3 Å². The summed E-state index contributed by atoms with van der Waals surface area (Å²) in [6, 6.07) is 6.93. The van der Waals surface area contributed by atoms with Crippen molar-refractivity contribution in [3.05, 3.63) is 23.8 Å². The van der Waals surface area contributed by atoms with E-state index in [-0.39, 0.29) is 0 Å². The summed E-state index contributed by atoms with van der Waals surface area (Å²) in [5, 5.41) is 0. The molecular weight excluding hydrogens is 238 g/mol. The Labute approximate surface area is 115 Å². The largest absolute Gasteiger partial charge is 0.454 e.